The fraction of sp³-hybridized carbons (Fsp3) is 0. The number of aromatic nitrogens is 3. The van der Waals surface area contributed by atoms with Gasteiger partial charge in [-0.2, -0.15) is 0 Å². The van der Waals surface area contributed by atoms with Crippen LogP contribution in [0.25, 0.3) is 5.69 Å². The summed E-state index contributed by atoms with van der Waals surface area (Å²) in [7, 11) is 0. The molecule has 1 aromatic carbocycles. The smallest absolute Gasteiger partial charge is 0.270 e. The molecule has 1 heterocycles. The van der Waals surface area contributed by atoms with E-state index in [1.54, 1.807) is 6.07 Å². The van der Waals surface area contributed by atoms with Gasteiger partial charge >= 0.3 is 0 Å². The lowest BCUT2D eigenvalue weighted by atomic mass is 10.3. The molecular weight excluding hydrogens is 235 g/mol. The maximum Gasteiger partial charge on any atom is 0.270 e. The van der Waals surface area contributed by atoms with E-state index in [2.05, 4.69) is 10.3 Å². The molecule has 0 saturated heterocycles. The SMILES string of the molecule is NC(=O)c1cn(-c2cccc(Cl)c2F)nn1. The van der Waals surface area contributed by atoms with Gasteiger partial charge in [-0.1, -0.05) is 22.9 Å². The van der Waals surface area contributed by atoms with E-state index in [4.69, 9.17) is 17.3 Å². The van der Waals surface area contributed by atoms with Crippen molar-refractivity contribution in [3.05, 3.63) is 40.9 Å². The van der Waals surface area contributed by atoms with Crippen LogP contribution < -0.4 is 5.73 Å². The van der Waals surface area contributed by atoms with Gasteiger partial charge in [0.25, 0.3) is 5.91 Å². The van der Waals surface area contributed by atoms with Crippen LogP contribution in [0, 0.1) is 5.82 Å². The standard InChI is InChI=1S/C9H6ClFN4O/c10-5-2-1-3-7(8(5)11)15-4-6(9(12)16)13-14-15/h1-4H,(H2,12,16). The minimum atomic E-state index is -0.728. The molecule has 2 rings (SSSR count). The molecule has 2 N–H and O–H groups in total. The summed E-state index contributed by atoms with van der Waals surface area (Å²) >= 11 is 5.60. The highest BCUT2D eigenvalue weighted by Gasteiger charge is 2.12. The van der Waals surface area contributed by atoms with Crippen molar-refractivity contribution < 1.29 is 9.18 Å². The first-order valence-electron chi connectivity index (χ1n) is 4.26. The molecule has 1 amide bonds. The molecule has 0 aliphatic heterocycles. The third kappa shape index (κ3) is 1.74. The van der Waals surface area contributed by atoms with Crippen molar-refractivity contribution >= 4 is 17.5 Å². The third-order valence-corrected chi connectivity index (χ3v) is 2.22. The maximum absolute atomic E-state index is 13.6. The number of rotatable bonds is 2. The van der Waals surface area contributed by atoms with Crippen LogP contribution in [0.1, 0.15) is 10.5 Å². The molecule has 0 saturated carbocycles. The van der Waals surface area contributed by atoms with E-state index in [0.29, 0.717) is 0 Å². The molecule has 0 fully saturated rings. The summed E-state index contributed by atoms with van der Waals surface area (Å²) in [6.45, 7) is 0. The first-order chi connectivity index (χ1) is 7.59. The fourth-order valence-corrected chi connectivity index (χ4v) is 1.33. The Balaban J connectivity index is 2.50. The zero-order valence-corrected chi connectivity index (χ0v) is 8.65. The molecule has 0 unspecified atom stereocenters. The highest BCUT2D eigenvalue weighted by atomic mass is 35.5. The van der Waals surface area contributed by atoms with Crippen molar-refractivity contribution in [3.8, 4) is 5.69 Å². The van der Waals surface area contributed by atoms with E-state index in [1.165, 1.54) is 18.3 Å². The normalized spacial score (nSPS) is 10.4. The Bertz CT molecular complexity index is 554. The quantitative estimate of drug-likeness (QED) is 0.856. The number of halogens is 2. The molecule has 0 radical (unpaired) electrons. The lowest BCUT2D eigenvalue weighted by molar-refractivity contribution is 0.0995. The molecule has 0 aliphatic carbocycles. The van der Waals surface area contributed by atoms with Crippen molar-refractivity contribution in [1.29, 1.82) is 0 Å². The molecule has 2 aromatic rings. The number of carbonyl (C=O) groups is 1. The van der Waals surface area contributed by atoms with Crippen molar-refractivity contribution in [3.63, 3.8) is 0 Å². The van der Waals surface area contributed by atoms with Gasteiger partial charge in [0.05, 0.1) is 11.2 Å². The van der Waals surface area contributed by atoms with E-state index < -0.39 is 11.7 Å². The van der Waals surface area contributed by atoms with Crippen molar-refractivity contribution in [2.45, 2.75) is 0 Å². The van der Waals surface area contributed by atoms with Crippen molar-refractivity contribution in [2.24, 2.45) is 5.73 Å². The monoisotopic (exact) mass is 240 g/mol. The second kappa shape index (κ2) is 3.90. The Kier molecular flexibility index (Phi) is 2.57. The van der Waals surface area contributed by atoms with Gasteiger partial charge < -0.3 is 5.73 Å². The predicted molar refractivity (Wildman–Crippen MR) is 54.8 cm³/mol. The van der Waals surface area contributed by atoms with Gasteiger partial charge in [0.15, 0.2) is 11.5 Å². The van der Waals surface area contributed by atoms with Crippen LogP contribution in [0.3, 0.4) is 0 Å². The topological polar surface area (TPSA) is 73.8 Å². The number of amides is 1. The van der Waals surface area contributed by atoms with Gasteiger partial charge in [-0.15, -0.1) is 5.10 Å². The van der Waals surface area contributed by atoms with Crippen molar-refractivity contribution in [2.75, 3.05) is 0 Å². The van der Waals surface area contributed by atoms with E-state index in [1.807, 2.05) is 0 Å². The Labute approximate surface area is 94.6 Å². The number of primary amides is 1. The molecule has 7 heteroatoms. The van der Waals surface area contributed by atoms with Gasteiger partial charge in [0.1, 0.15) is 5.69 Å². The molecule has 16 heavy (non-hydrogen) atoms. The van der Waals surface area contributed by atoms with Crippen LogP contribution in [0.4, 0.5) is 4.39 Å². The molecule has 5 nitrogen and oxygen atoms in total. The predicted octanol–water partition coefficient (Wildman–Crippen LogP) is 1.16. The van der Waals surface area contributed by atoms with Crippen molar-refractivity contribution in [1.82, 2.24) is 15.0 Å². The first kappa shape index (κ1) is 10.6. The summed E-state index contributed by atoms with van der Waals surface area (Å²) in [5.74, 6) is -1.36. The number of nitrogens with zero attached hydrogens (tertiary/aromatic N) is 3. The number of benzene rings is 1. The summed E-state index contributed by atoms with van der Waals surface area (Å²) in [5.41, 5.74) is 5.06. The van der Waals surface area contributed by atoms with Gasteiger partial charge in [-0.05, 0) is 12.1 Å². The highest BCUT2D eigenvalue weighted by Crippen LogP contribution is 2.20. The van der Waals surface area contributed by atoms with Gasteiger partial charge in [-0.3, -0.25) is 4.79 Å². The third-order valence-electron chi connectivity index (χ3n) is 1.92. The van der Waals surface area contributed by atoms with Crippen LogP contribution in [0.5, 0.6) is 0 Å². The second-order valence-corrected chi connectivity index (χ2v) is 3.39. The Morgan fingerprint density at radius 2 is 2.25 bits per heavy atom. The van der Waals surface area contributed by atoms with Gasteiger partial charge in [-0.25, -0.2) is 9.07 Å². The second-order valence-electron chi connectivity index (χ2n) is 2.99. The lowest BCUT2D eigenvalue weighted by Gasteiger charge is -2.02. The molecule has 0 atom stereocenters. The Morgan fingerprint density at radius 3 is 2.88 bits per heavy atom. The van der Waals surface area contributed by atoms with Crippen LogP contribution in [0.15, 0.2) is 24.4 Å². The summed E-state index contributed by atoms with van der Waals surface area (Å²) in [6.07, 6.45) is 1.23. The number of hydrogen-bond acceptors (Lipinski definition) is 3. The lowest BCUT2D eigenvalue weighted by Crippen LogP contribution is -2.11. The average molecular weight is 241 g/mol. The van der Waals surface area contributed by atoms with Crippen LogP contribution in [0.2, 0.25) is 5.02 Å². The molecule has 1 aromatic heterocycles. The van der Waals surface area contributed by atoms with Crippen LogP contribution in [-0.2, 0) is 0 Å². The Hall–Kier alpha value is -1.95. The summed E-state index contributed by atoms with van der Waals surface area (Å²) in [5, 5.41) is 7.03. The molecule has 82 valence electrons. The zero-order chi connectivity index (χ0) is 11.7. The zero-order valence-electron chi connectivity index (χ0n) is 7.89. The van der Waals surface area contributed by atoms with Gasteiger partial charge in [0.2, 0.25) is 0 Å². The van der Waals surface area contributed by atoms with Gasteiger partial charge in [0, 0.05) is 0 Å². The summed E-state index contributed by atoms with van der Waals surface area (Å²) in [4.78, 5) is 10.8. The molecule has 0 bridgehead atoms. The number of carbonyl (C=O) groups excluding carboxylic acids is 1. The highest BCUT2D eigenvalue weighted by molar-refractivity contribution is 6.30. The maximum atomic E-state index is 13.6. The summed E-state index contributed by atoms with van der Waals surface area (Å²) in [6, 6.07) is 4.43. The minimum absolute atomic E-state index is 0.0337. The van der Waals surface area contributed by atoms with Crippen LogP contribution >= 0.6 is 11.6 Å². The fourth-order valence-electron chi connectivity index (χ4n) is 1.16. The van der Waals surface area contributed by atoms with E-state index in [9.17, 15) is 9.18 Å². The number of nitrogens with two attached hydrogens (primary N) is 1. The average Bonchev–Trinajstić information content (AvgIpc) is 2.71. The largest absolute Gasteiger partial charge is 0.364 e. The van der Waals surface area contributed by atoms with E-state index in [0.717, 1.165) is 4.68 Å². The van der Waals surface area contributed by atoms with E-state index in [-0.39, 0.29) is 16.4 Å². The molecular formula is C9H6ClFN4O. The summed E-state index contributed by atoms with van der Waals surface area (Å²) < 4.78 is 14.7. The van der Waals surface area contributed by atoms with Crippen LogP contribution in [-0.4, -0.2) is 20.9 Å². The number of hydrogen-bond donors (Lipinski definition) is 1. The van der Waals surface area contributed by atoms with E-state index >= 15 is 0 Å². The molecule has 0 spiro atoms. The first-order valence-corrected chi connectivity index (χ1v) is 4.64. The molecule has 0 aliphatic rings. The Morgan fingerprint density at radius 1 is 1.50 bits per heavy atom. The minimum Gasteiger partial charge on any atom is -0.364 e.